The van der Waals surface area contributed by atoms with E-state index in [2.05, 4.69) is 0 Å². The number of anilines is 1. The third kappa shape index (κ3) is 3.80. The van der Waals surface area contributed by atoms with Crippen LogP contribution >= 0.6 is 0 Å². The number of non-ortho nitro benzene ring substituents is 1. The third-order valence-electron chi connectivity index (χ3n) is 4.68. The number of carbonyl (C=O) groups excluding carboxylic acids is 2. The van der Waals surface area contributed by atoms with Gasteiger partial charge in [-0.2, -0.15) is 0 Å². The standard InChI is InChI=1S/C20H20N2O6/c1-12-4-5-13(2)17(8-12)28-20(24)14-9-19(23)21(11-14)16-7-6-15(22(25)26)10-18(16)27-3/h4-8,10,14H,9,11H2,1-3H3/t14-/m1/s1. The number of nitro groups is 1. The van der Waals surface area contributed by atoms with Crippen LogP contribution in [0.25, 0.3) is 0 Å². The topological polar surface area (TPSA) is 99.0 Å². The summed E-state index contributed by atoms with van der Waals surface area (Å²) in [6.45, 7) is 3.87. The highest BCUT2D eigenvalue weighted by Crippen LogP contribution is 2.36. The maximum Gasteiger partial charge on any atom is 0.316 e. The molecule has 0 aliphatic carbocycles. The van der Waals surface area contributed by atoms with Crippen molar-refractivity contribution < 1.29 is 24.0 Å². The van der Waals surface area contributed by atoms with E-state index in [1.165, 1.54) is 30.2 Å². The molecule has 2 aromatic carbocycles. The number of rotatable bonds is 5. The van der Waals surface area contributed by atoms with Gasteiger partial charge >= 0.3 is 5.97 Å². The first kappa shape index (κ1) is 19.3. The highest BCUT2D eigenvalue weighted by Gasteiger charge is 2.38. The van der Waals surface area contributed by atoms with E-state index in [9.17, 15) is 19.7 Å². The Morgan fingerprint density at radius 1 is 1.18 bits per heavy atom. The Morgan fingerprint density at radius 2 is 1.93 bits per heavy atom. The number of carbonyl (C=O) groups is 2. The van der Waals surface area contributed by atoms with Gasteiger partial charge in [0.15, 0.2) is 0 Å². The van der Waals surface area contributed by atoms with Crippen LogP contribution < -0.4 is 14.4 Å². The molecule has 3 rings (SSSR count). The molecule has 0 bridgehead atoms. The molecular weight excluding hydrogens is 364 g/mol. The van der Waals surface area contributed by atoms with Crippen LogP contribution in [-0.2, 0) is 9.59 Å². The molecule has 0 aromatic heterocycles. The van der Waals surface area contributed by atoms with Gasteiger partial charge in [0.2, 0.25) is 5.91 Å². The Labute approximate surface area is 161 Å². The zero-order valence-electron chi connectivity index (χ0n) is 15.8. The molecule has 1 amide bonds. The van der Waals surface area contributed by atoms with Gasteiger partial charge < -0.3 is 14.4 Å². The van der Waals surface area contributed by atoms with Crippen LogP contribution in [0.4, 0.5) is 11.4 Å². The van der Waals surface area contributed by atoms with E-state index < -0.39 is 16.8 Å². The number of esters is 1. The van der Waals surface area contributed by atoms with Gasteiger partial charge in [0.05, 0.1) is 29.7 Å². The Hall–Kier alpha value is -3.42. The van der Waals surface area contributed by atoms with Crippen LogP contribution in [0, 0.1) is 29.9 Å². The van der Waals surface area contributed by atoms with Gasteiger partial charge in [-0.15, -0.1) is 0 Å². The van der Waals surface area contributed by atoms with Crippen LogP contribution in [-0.4, -0.2) is 30.5 Å². The third-order valence-corrected chi connectivity index (χ3v) is 4.68. The largest absolute Gasteiger partial charge is 0.494 e. The Morgan fingerprint density at radius 3 is 2.61 bits per heavy atom. The number of hydrogen-bond donors (Lipinski definition) is 0. The molecule has 28 heavy (non-hydrogen) atoms. The lowest BCUT2D eigenvalue weighted by atomic mass is 10.1. The minimum Gasteiger partial charge on any atom is -0.494 e. The van der Waals surface area contributed by atoms with Crippen molar-refractivity contribution in [3.8, 4) is 11.5 Å². The summed E-state index contributed by atoms with van der Waals surface area (Å²) in [7, 11) is 1.37. The second kappa shape index (κ2) is 7.67. The lowest BCUT2D eigenvalue weighted by Crippen LogP contribution is -2.27. The average molecular weight is 384 g/mol. The van der Waals surface area contributed by atoms with Crippen molar-refractivity contribution in [3.05, 3.63) is 57.6 Å². The molecule has 2 aromatic rings. The van der Waals surface area contributed by atoms with Gasteiger partial charge in [-0.05, 0) is 37.1 Å². The van der Waals surface area contributed by atoms with Crippen molar-refractivity contribution in [2.45, 2.75) is 20.3 Å². The Bertz CT molecular complexity index is 956. The maximum absolute atomic E-state index is 12.6. The molecule has 0 radical (unpaired) electrons. The quantitative estimate of drug-likeness (QED) is 0.340. The molecule has 8 nitrogen and oxygen atoms in total. The first-order valence-corrected chi connectivity index (χ1v) is 8.72. The number of aryl methyl sites for hydroxylation is 2. The van der Waals surface area contributed by atoms with Gasteiger partial charge in [-0.25, -0.2) is 0 Å². The zero-order chi connectivity index (χ0) is 20.4. The van der Waals surface area contributed by atoms with Crippen LogP contribution in [0.3, 0.4) is 0 Å². The normalized spacial score (nSPS) is 16.2. The first-order valence-electron chi connectivity index (χ1n) is 8.72. The number of ether oxygens (including phenoxy) is 2. The molecule has 0 N–H and O–H groups in total. The fourth-order valence-corrected chi connectivity index (χ4v) is 3.11. The summed E-state index contributed by atoms with van der Waals surface area (Å²) in [5.41, 5.74) is 2.04. The smallest absolute Gasteiger partial charge is 0.316 e. The Balaban J connectivity index is 1.79. The predicted octanol–water partition coefficient (Wildman–Crippen LogP) is 3.18. The minimum absolute atomic E-state index is 0.00381. The maximum atomic E-state index is 12.6. The second-order valence-electron chi connectivity index (χ2n) is 6.71. The molecule has 1 saturated heterocycles. The van der Waals surface area contributed by atoms with Gasteiger partial charge in [0.1, 0.15) is 11.5 Å². The second-order valence-corrected chi connectivity index (χ2v) is 6.71. The van der Waals surface area contributed by atoms with E-state index in [1.807, 2.05) is 26.0 Å². The van der Waals surface area contributed by atoms with E-state index in [1.54, 1.807) is 6.07 Å². The molecule has 0 saturated carbocycles. The van der Waals surface area contributed by atoms with E-state index in [0.29, 0.717) is 11.4 Å². The van der Waals surface area contributed by atoms with E-state index in [-0.39, 0.29) is 30.3 Å². The number of amides is 1. The molecule has 1 heterocycles. The van der Waals surface area contributed by atoms with Gasteiger partial charge in [-0.3, -0.25) is 19.7 Å². The molecular formula is C20H20N2O6. The van der Waals surface area contributed by atoms with Crippen LogP contribution in [0.1, 0.15) is 17.5 Å². The van der Waals surface area contributed by atoms with Crippen LogP contribution in [0.2, 0.25) is 0 Å². The average Bonchev–Trinajstić information content (AvgIpc) is 3.05. The van der Waals surface area contributed by atoms with Crippen LogP contribution in [0.5, 0.6) is 11.5 Å². The van der Waals surface area contributed by atoms with E-state index >= 15 is 0 Å². The van der Waals surface area contributed by atoms with E-state index in [0.717, 1.165) is 11.1 Å². The van der Waals surface area contributed by atoms with Crippen molar-refractivity contribution in [1.29, 1.82) is 0 Å². The predicted molar refractivity (Wildman–Crippen MR) is 102 cm³/mol. The molecule has 1 fully saturated rings. The highest BCUT2D eigenvalue weighted by atomic mass is 16.6. The summed E-state index contributed by atoms with van der Waals surface area (Å²) in [4.78, 5) is 36.9. The summed E-state index contributed by atoms with van der Waals surface area (Å²) in [5.74, 6) is -0.706. The van der Waals surface area contributed by atoms with E-state index in [4.69, 9.17) is 9.47 Å². The number of nitro benzene ring substituents is 1. The summed E-state index contributed by atoms with van der Waals surface area (Å²) >= 11 is 0. The summed E-state index contributed by atoms with van der Waals surface area (Å²) < 4.78 is 10.7. The molecule has 8 heteroatoms. The first-order chi connectivity index (χ1) is 13.3. The monoisotopic (exact) mass is 384 g/mol. The number of nitrogens with zero attached hydrogens (tertiary/aromatic N) is 2. The fourth-order valence-electron chi connectivity index (χ4n) is 3.11. The van der Waals surface area contributed by atoms with Crippen molar-refractivity contribution in [1.82, 2.24) is 0 Å². The van der Waals surface area contributed by atoms with Gasteiger partial charge in [0, 0.05) is 19.0 Å². The lowest BCUT2D eigenvalue weighted by molar-refractivity contribution is -0.384. The van der Waals surface area contributed by atoms with Crippen molar-refractivity contribution in [2.75, 3.05) is 18.6 Å². The number of benzene rings is 2. The van der Waals surface area contributed by atoms with Gasteiger partial charge in [-0.1, -0.05) is 12.1 Å². The molecule has 1 atom stereocenters. The molecule has 0 unspecified atom stereocenters. The number of methoxy groups -OCH3 is 1. The lowest BCUT2D eigenvalue weighted by Gasteiger charge is -2.19. The Kier molecular flexibility index (Phi) is 5.30. The fraction of sp³-hybridized carbons (Fsp3) is 0.300. The van der Waals surface area contributed by atoms with Crippen LogP contribution in [0.15, 0.2) is 36.4 Å². The zero-order valence-corrected chi connectivity index (χ0v) is 15.8. The number of hydrogen-bond acceptors (Lipinski definition) is 6. The van der Waals surface area contributed by atoms with Crippen molar-refractivity contribution in [2.24, 2.45) is 5.92 Å². The van der Waals surface area contributed by atoms with Gasteiger partial charge in [0.25, 0.3) is 5.69 Å². The van der Waals surface area contributed by atoms with Crippen molar-refractivity contribution in [3.63, 3.8) is 0 Å². The molecule has 0 spiro atoms. The SMILES string of the molecule is COc1cc([N+](=O)[O-])ccc1N1C[C@H](C(=O)Oc2cc(C)ccc2C)CC1=O. The van der Waals surface area contributed by atoms with Crippen molar-refractivity contribution >= 4 is 23.3 Å². The molecule has 1 aliphatic rings. The summed E-state index contributed by atoms with van der Waals surface area (Å²) in [6.07, 6.45) is 0.00381. The highest BCUT2D eigenvalue weighted by molar-refractivity contribution is 6.01. The molecule has 1 aliphatic heterocycles. The summed E-state index contributed by atoms with van der Waals surface area (Å²) in [5, 5.41) is 10.9. The minimum atomic E-state index is -0.632. The summed E-state index contributed by atoms with van der Waals surface area (Å²) in [6, 6.07) is 9.58. The molecule has 146 valence electrons.